The molecule has 0 aromatic carbocycles. The summed E-state index contributed by atoms with van der Waals surface area (Å²) in [7, 11) is 0. The van der Waals surface area contributed by atoms with E-state index in [0.717, 1.165) is 12.8 Å². The summed E-state index contributed by atoms with van der Waals surface area (Å²) in [4.78, 5) is 12.1. The maximum absolute atomic E-state index is 12.1. The van der Waals surface area contributed by atoms with Crippen LogP contribution in [0, 0.1) is 5.92 Å². The van der Waals surface area contributed by atoms with Gasteiger partial charge in [-0.25, -0.2) is 0 Å². The van der Waals surface area contributed by atoms with Gasteiger partial charge < -0.3 is 9.62 Å². The van der Waals surface area contributed by atoms with Crippen molar-refractivity contribution in [2.24, 2.45) is 5.92 Å². The molecule has 1 aliphatic heterocycles. The Morgan fingerprint density at radius 2 is 1.95 bits per heavy atom. The molecular weight excluding hydrogens is 242 g/mol. The molecule has 4 heteroatoms. The fourth-order valence-electron chi connectivity index (χ4n) is 3.42. The molecule has 19 heavy (non-hydrogen) atoms. The molecule has 106 valence electrons. The molecule has 4 nitrogen and oxygen atoms in total. The van der Waals surface area contributed by atoms with E-state index in [1.54, 1.807) is 6.07 Å². The summed E-state index contributed by atoms with van der Waals surface area (Å²) >= 11 is 0. The Morgan fingerprint density at radius 1 is 1.37 bits per heavy atom. The molecule has 2 rings (SSSR count). The second-order valence-corrected chi connectivity index (χ2v) is 6.85. The molecule has 1 aliphatic rings. The Labute approximate surface area is 114 Å². The molecule has 0 unspecified atom stereocenters. The number of carbonyl (C=O) groups is 1. The van der Waals surface area contributed by atoms with E-state index in [2.05, 4.69) is 0 Å². The lowest BCUT2D eigenvalue weighted by molar-refractivity contribution is -0.250. The van der Waals surface area contributed by atoms with Gasteiger partial charge in [0.05, 0.1) is 11.8 Å². The molecule has 1 aromatic heterocycles. The average Bonchev–Trinajstić information content (AvgIpc) is 2.78. The number of nitrogens with zero attached hydrogens (tertiary/aromatic N) is 1. The van der Waals surface area contributed by atoms with E-state index in [-0.39, 0.29) is 22.8 Å². The van der Waals surface area contributed by atoms with Crippen molar-refractivity contribution in [1.82, 2.24) is 5.06 Å². The first-order valence-corrected chi connectivity index (χ1v) is 6.77. The van der Waals surface area contributed by atoms with E-state index in [0.29, 0.717) is 12.0 Å². The Balaban J connectivity index is 2.08. The van der Waals surface area contributed by atoms with Gasteiger partial charge in [0.25, 0.3) is 0 Å². The van der Waals surface area contributed by atoms with Crippen molar-refractivity contribution in [1.29, 1.82) is 0 Å². The number of furan rings is 1. The minimum absolute atomic E-state index is 0.122. The van der Waals surface area contributed by atoms with Crippen LogP contribution in [0.5, 0.6) is 0 Å². The van der Waals surface area contributed by atoms with Crippen molar-refractivity contribution >= 4 is 5.78 Å². The van der Waals surface area contributed by atoms with Crippen LogP contribution in [0.4, 0.5) is 0 Å². The van der Waals surface area contributed by atoms with Crippen LogP contribution >= 0.6 is 0 Å². The summed E-state index contributed by atoms with van der Waals surface area (Å²) in [6.07, 6.45) is 5.17. The molecule has 0 bridgehead atoms. The summed E-state index contributed by atoms with van der Waals surface area (Å²) in [6, 6.07) is 1.71. The Morgan fingerprint density at radius 3 is 2.42 bits per heavy atom. The zero-order chi connectivity index (χ0) is 14.3. The summed E-state index contributed by atoms with van der Waals surface area (Å²) in [5, 5.41) is 11.7. The van der Waals surface area contributed by atoms with Crippen LogP contribution in [0.3, 0.4) is 0 Å². The predicted molar refractivity (Wildman–Crippen MR) is 72.2 cm³/mol. The largest absolute Gasteiger partial charge is 0.472 e. The molecule has 2 heterocycles. The van der Waals surface area contributed by atoms with Gasteiger partial charge in [0, 0.05) is 17.5 Å². The topological polar surface area (TPSA) is 53.7 Å². The lowest BCUT2D eigenvalue weighted by Gasteiger charge is -2.51. The maximum Gasteiger partial charge on any atom is 0.166 e. The van der Waals surface area contributed by atoms with Crippen LogP contribution in [-0.2, 0) is 0 Å². The van der Waals surface area contributed by atoms with Crippen LogP contribution in [0.25, 0.3) is 0 Å². The van der Waals surface area contributed by atoms with Gasteiger partial charge in [0.15, 0.2) is 5.78 Å². The zero-order valence-electron chi connectivity index (χ0n) is 12.1. The number of Topliss-reactive ketones (excluding diaryl/α,β-unsaturated/α-hetero) is 1. The monoisotopic (exact) mass is 265 g/mol. The van der Waals surface area contributed by atoms with E-state index >= 15 is 0 Å². The fourth-order valence-corrected chi connectivity index (χ4v) is 3.42. The molecule has 0 saturated carbocycles. The highest BCUT2D eigenvalue weighted by molar-refractivity contribution is 5.95. The van der Waals surface area contributed by atoms with E-state index in [1.807, 2.05) is 27.7 Å². The van der Waals surface area contributed by atoms with Gasteiger partial charge in [-0.2, -0.15) is 5.06 Å². The first-order valence-electron chi connectivity index (χ1n) is 6.77. The number of piperidine rings is 1. The van der Waals surface area contributed by atoms with Crippen LogP contribution in [0.2, 0.25) is 0 Å². The van der Waals surface area contributed by atoms with Crippen molar-refractivity contribution in [3.8, 4) is 0 Å². The Hall–Kier alpha value is -1.13. The molecule has 0 amide bonds. The SMILES string of the molecule is CC1(C)CC(CC(=O)c2ccoc2)CC(C)(C)N1O. The second kappa shape index (κ2) is 4.76. The lowest BCUT2D eigenvalue weighted by Crippen LogP contribution is -2.59. The number of hydrogen-bond donors (Lipinski definition) is 1. The second-order valence-electron chi connectivity index (χ2n) is 6.85. The molecule has 1 aromatic rings. The molecule has 1 fully saturated rings. The van der Waals surface area contributed by atoms with E-state index in [9.17, 15) is 10.0 Å². The number of ketones is 1. The molecule has 1 N–H and O–H groups in total. The van der Waals surface area contributed by atoms with Gasteiger partial charge in [0.2, 0.25) is 0 Å². The molecule has 1 saturated heterocycles. The van der Waals surface area contributed by atoms with Gasteiger partial charge in [-0.05, 0) is 52.5 Å². The summed E-state index contributed by atoms with van der Waals surface area (Å²) in [6.45, 7) is 8.07. The minimum Gasteiger partial charge on any atom is -0.472 e. The van der Waals surface area contributed by atoms with Gasteiger partial charge in [-0.3, -0.25) is 4.79 Å². The first-order chi connectivity index (χ1) is 8.72. The van der Waals surface area contributed by atoms with Gasteiger partial charge in [0.1, 0.15) is 6.26 Å². The van der Waals surface area contributed by atoms with Crippen LogP contribution < -0.4 is 0 Å². The van der Waals surface area contributed by atoms with Crippen molar-refractivity contribution in [2.45, 2.75) is 58.0 Å². The number of rotatable bonds is 3. The standard InChI is InChI=1S/C15H23NO3/c1-14(2)8-11(9-15(3,4)16(14)18)7-13(17)12-5-6-19-10-12/h5-6,10-11,18H,7-9H2,1-4H3. The smallest absolute Gasteiger partial charge is 0.166 e. The molecule has 0 aliphatic carbocycles. The Bertz CT molecular complexity index is 430. The van der Waals surface area contributed by atoms with Gasteiger partial charge in [-0.15, -0.1) is 0 Å². The van der Waals surface area contributed by atoms with Crippen molar-refractivity contribution < 1.29 is 14.4 Å². The highest BCUT2D eigenvalue weighted by Crippen LogP contribution is 2.41. The number of carbonyl (C=O) groups excluding carboxylic acids is 1. The normalized spacial score (nSPS) is 23.4. The number of hydrogen-bond acceptors (Lipinski definition) is 4. The Kier molecular flexibility index (Phi) is 3.58. The summed E-state index contributed by atoms with van der Waals surface area (Å²) in [5.41, 5.74) is 0.0358. The average molecular weight is 265 g/mol. The van der Waals surface area contributed by atoms with E-state index in [4.69, 9.17) is 4.42 Å². The highest BCUT2D eigenvalue weighted by Gasteiger charge is 2.45. The highest BCUT2D eigenvalue weighted by atomic mass is 16.5. The van der Waals surface area contributed by atoms with Crippen LogP contribution in [0.1, 0.15) is 57.3 Å². The lowest BCUT2D eigenvalue weighted by atomic mass is 9.73. The van der Waals surface area contributed by atoms with Gasteiger partial charge >= 0.3 is 0 Å². The quantitative estimate of drug-likeness (QED) is 0.850. The zero-order valence-corrected chi connectivity index (χ0v) is 12.1. The van der Waals surface area contributed by atoms with Crippen molar-refractivity contribution in [2.75, 3.05) is 0 Å². The maximum atomic E-state index is 12.1. The third-order valence-electron chi connectivity index (χ3n) is 4.04. The van der Waals surface area contributed by atoms with E-state index < -0.39 is 0 Å². The molecule has 0 atom stereocenters. The summed E-state index contributed by atoms with van der Waals surface area (Å²) in [5.74, 6) is 0.410. The predicted octanol–water partition coefficient (Wildman–Crippen LogP) is 3.51. The molecule has 0 spiro atoms. The fraction of sp³-hybridized carbons (Fsp3) is 0.667. The summed E-state index contributed by atoms with van der Waals surface area (Å²) < 4.78 is 4.95. The van der Waals surface area contributed by atoms with E-state index in [1.165, 1.54) is 17.6 Å². The van der Waals surface area contributed by atoms with Crippen molar-refractivity contribution in [3.05, 3.63) is 24.2 Å². The third kappa shape index (κ3) is 2.90. The third-order valence-corrected chi connectivity index (χ3v) is 4.04. The van der Waals surface area contributed by atoms with Crippen LogP contribution in [-0.4, -0.2) is 27.1 Å². The minimum atomic E-state index is -0.302. The first kappa shape index (κ1) is 14.3. The van der Waals surface area contributed by atoms with Crippen LogP contribution in [0.15, 0.2) is 23.0 Å². The molecule has 0 radical (unpaired) electrons. The molecular formula is C15H23NO3. The number of hydroxylamine groups is 2. The van der Waals surface area contributed by atoms with Crippen molar-refractivity contribution in [3.63, 3.8) is 0 Å². The van der Waals surface area contributed by atoms with Gasteiger partial charge in [-0.1, -0.05) is 0 Å².